The highest BCUT2D eigenvalue weighted by Gasteiger charge is 2.31. The Morgan fingerprint density at radius 1 is 1.17 bits per heavy atom. The summed E-state index contributed by atoms with van der Waals surface area (Å²) in [7, 11) is 0. The lowest BCUT2D eigenvalue weighted by atomic mass is 10.1. The molecule has 1 fully saturated rings. The minimum Gasteiger partial charge on any atom is -0.330 e. The maximum atomic E-state index is 13.0. The summed E-state index contributed by atoms with van der Waals surface area (Å²) in [5.41, 5.74) is 2.41. The monoisotopic (exact) mass is 320 g/mol. The van der Waals surface area contributed by atoms with E-state index in [-0.39, 0.29) is 11.9 Å². The van der Waals surface area contributed by atoms with Gasteiger partial charge in [-0.15, -0.1) is 10.2 Å². The number of carbonyl (C=O) groups is 1. The van der Waals surface area contributed by atoms with E-state index in [2.05, 4.69) is 20.2 Å². The molecule has 1 atom stereocenters. The highest BCUT2D eigenvalue weighted by Crippen LogP contribution is 2.31. The van der Waals surface area contributed by atoms with Crippen LogP contribution in [0.2, 0.25) is 0 Å². The van der Waals surface area contributed by atoms with Gasteiger partial charge in [-0.05, 0) is 37.1 Å². The van der Waals surface area contributed by atoms with Gasteiger partial charge in [0.15, 0.2) is 0 Å². The molecule has 0 bridgehead atoms. The maximum absolute atomic E-state index is 13.0. The summed E-state index contributed by atoms with van der Waals surface area (Å²) >= 11 is 0. The third kappa shape index (κ3) is 2.64. The van der Waals surface area contributed by atoms with Crippen LogP contribution in [-0.2, 0) is 0 Å². The number of likely N-dealkylation sites (tertiary alicyclic amines) is 1. The Morgan fingerprint density at radius 3 is 2.83 bits per heavy atom. The molecule has 1 saturated heterocycles. The van der Waals surface area contributed by atoms with E-state index in [1.165, 1.54) is 6.33 Å². The molecule has 1 amide bonds. The zero-order valence-electron chi connectivity index (χ0n) is 13.0. The van der Waals surface area contributed by atoms with Crippen LogP contribution >= 0.6 is 0 Å². The first kappa shape index (κ1) is 14.5. The Hall–Kier alpha value is -3.09. The zero-order chi connectivity index (χ0) is 16.4. The summed E-state index contributed by atoms with van der Waals surface area (Å²) < 4.78 is 1.78. The molecule has 1 aromatic carbocycles. The third-order valence-corrected chi connectivity index (χ3v) is 4.27. The minimum absolute atomic E-state index is 0.0130. The van der Waals surface area contributed by atoms with Crippen LogP contribution in [0, 0.1) is 0 Å². The fourth-order valence-electron chi connectivity index (χ4n) is 3.11. The van der Waals surface area contributed by atoms with Crippen LogP contribution < -0.4 is 0 Å². The molecular formula is C17H16N6O. The lowest BCUT2D eigenvalue weighted by Crippen LogP contribution is -2.31. The summed E-state index contributed by atoms with van der Waals surface area (Å²) in [6, 6.07) is 9.39. The second kappa shape index (κ2) is 6.19. The van der Waals surface area contributed by atoms with Gasteiger partial charge in [-0.25, -0.2) is 9.97 Å². The van der Waals surface area contributed by atoms with E-state index < -0.39 is 0 Å². The maximum Gasteiger partial charge on any atom is 0.254 e. The van der Waals surface area contributed by atoms with Gasteiger partial charge in [-0.1, -0.05) is 6.07 Å². The number of hydrogen-bond donors (Lipinski definition) is 0. The topological polar surface area (TPSA) is 76.8 Å². The number of hydrogen-bond acceptors (Lipinski definition) is 5. The van der Waals surface area contributed by atoms with E-state index in [0.29, 0.717) is 5.56 Å². The molecule has 4 rings (SSSR count). The van der Waals surface area contributed by atoms with Crippen LogP contribution in [0.15, 0.2) is 55.5 Å². The van der Waals surface area contributed by atoms with Gasteiger partial charge in [-0.3, -0.25) is 9.36 Å². The SMILES string of the molecule is O=C(c1cccc(-n2cnnc2)c1)N1CCCC1c1ccncn1. The van der Waals surface area contributed by atoms with Gasteiger partial charge in [0.25, 0.3) is 5.91 Å². The van der Waals surface area contributed by atoms with Crippen molar-refractivity contribution in [2.45, 2.75) is 18.9 Å². The van der Waals surface area contributed by atoms with Gasteiger partial charge in [0.1, 0.15) is 19.0 Å². The number of carbonyl (C=O) groups excluding carboxylic acids is 1. The van der Waals surface area contributed by atoms with Crippen LogP contribution in [-0.4, -0.2) is 42.1 Å². The molecule has 1 unspecified atom stereocenters. The molecule has 2 aromatic heterocycles. The van der Waals surface area contributed by atoms with Crippen LogP contribution in [0.1, 0.15) is 34.9 Å². The Morgan fingerprint density at radius 2 is 2.04 bits per heavy atom. The Labute approximate surface area is 139 Å². The van der Waals surface area contributed by atoms with Crippen molar-refractivity contribution in [3.05, 3.63) is 66.8 Å². The highest BCUT2D eigenvalue weighted by atomic mass is 16.2. The van der Waals surface area contributed by atoms with Gasteiger partial charge in [0, 0.05) is 24.0 Å². The first-order chi connectivity index (χ1) is 11.8. The molecule has 7 heteroatoms. The third-order valence-electron chi connectivity index (χ3n) is 4.27. The lowest BCUT2D eigenvalue weighted by molar-refractivity contribution is 0.0733. The average Bonchev–Trinajstić information content (AvgIpc) is 3.34. The molecule has 0 saturated carbocycles. The van der Waals surface area contributed by atoms with Crippen molar-refractivity contribution < 1.29 is 4.79 Å². The smallest absolute Gasteiger partial charge is 0.254 e. The number of nitrogens with zero attached hydrogens (tertiary/aromatic N) is 6. The minimum atomic E-state index is 0.0130. The second-order valence-corrected chi connectivity index (χ2v) is 5.71. The quantitative estimate of drug-likeness (QED) is 0.738. The summed E-state index contributed by atoms with van der Waals surface area (Å²) in [4.78, 5) is 23.2. The molecule has 7 nitrogen and oxygen atoms in total. The first-order valence-corrected chi connectivity index (χ1v) is 7.85. The first-order valence-electron chi connectivity index (χ1n) is 7.85. The molecule has 1 aliphatic rings. The number of rotatable bonds is 3. The van der Waals surface area contributed by atoms with Crippen LogP contribution in [0.5, 0.6) is 0 Å². The van der Waals surface area contributed by atoms with Gasteiger partial charge in [-0.2, -0.15) is 0 Å². The molecule has 3 heterocycles. The second-order valence-electron chi connectivity index (χ2n) is 5.71. The molecule has 1 aliphatic heterocycles. The number of aromatic nitrogens is 5. The fraction of sp³-hybridized carbons (Fsp3) is 0.235. The highest BCUT2D eigenvalue weighted by molar-refractivity contribution is 5.95. The van der Waals surface area contributed by atoms with Crippen molar-refractivity contribution >= 4 is 5.91 Å². The van der Waals surface area contributed by atoms with Gasteiger partial charge < -0.3 is 4.90 Å². The average molecular weight is 320 g/mol. The van der Waals surface area contributed by atoms with Crippen LogP contribution in [0.25, 0.3) is 5.69 Å². The van der Waals surface area contributed by atoms with Crippen LogP contribution in [0.4, 0.5) is 0 Å². The molecule has 3 aromatic rings. The van der Waals surface area contributed by atoms with Crippen molar-refractivity contribution in [1.29, 1.82) is 0 Å². The van der Waals surface area contributed by atoms with Gasteiger partial charge in [0.05, 0.1) is 11.7 Å². The van der Waals surface area contributed by atoms with Crippen molar-refractivity contribution in [2.75, 3.05) is 6.54 Å². The molecule has 0 N–H and O–H groups in total. The summed E-state index contributed by atoms with van der Waals surface area (Å²) in [5, 5.41) is 7.61. The van der Waals surface area contributed by atoms with Crippen molar-refractivity contribution in [2.24, 2.45) is 0 Å². The van der Waals surface area contributed by atoms with Crippen molar-refractivity contribution in [3.63, 3.8) is 0 Å². The predicted octanol–water partition coefficient (Wildman–Crippen LogP) is 2.03. The van der Waals surface area contributed by atoms with Gasteiger partial charge >= 0.3 is 0 Å². The van der Waals surface area contributed by atoms with Crippen LogP contribution in [0.3, 0.4) is 0 Å². The molecule has 120 valence electrons. The standard InChI is InChI=1S/C17H16N6O/c24-17(13-3-1-4-14(9-13)22-11-20-21-12-22)23-8-2-5-16(23)15-6-7-18-10-19-15/h1,3-4,6-7,9-12,16H,2,5,8H2. The Kier molecular flexibility index (Phi) is 3.74. The molecule has 24 heavy (non-hydrogen) atoms. The fourth-order valence-corrected chi connectivity index (χ4v) is 3.11. The van der Waals surface area contributed by atoms with E-state index >= 15 is 0 Å². The molecular weight excluding hydrogens is 304 g/mol. The number of benzene rings is 1. The van der Waals surface area contributed by atoms with Crippen molar-refractivity contribution in [1.82, 2.24) is 29.6 Å². The number of amides is 1. The molecule has 0 aliphatic carbocycles. The lowest BCUT2D eigenvalue weighted by Gasteiger charge is -2.24. The Balaban J connectivity index is 1.62. The summed E-state index contributed by atoms with van der Waals surface area (Å²) in [6.07, 6.45) is 8.38. The van der Waals surface area contributed by atoms with E-state index in [4.69, 9.17) is 0 Å². The van der Waals surface area contributed by atoms with Crippen molar-refractivity contribution in [3.8, 4) is 5.69 Å². The van der Waals surface area contributed by atoms with E-state index in [1.54, 1.807) is 23.4 Å². The summed E-state index contributed by atoms with van der Waals surface area (Å²) in [5.74, 6) is 0.0195. The zero-order valence-corrected chi connectivity index (χ0v) is 13.0. The predicted molar refractivity (Wildman–Crippen MR) is 86.4 cm³/mol. The molecule has 0 radical (unpaired) electrons. The van der Waals surface area contributed by atoms with E-state index in [9.17, 15) is 4.79 Å². The van der Waals surface area contributed by atoms with E-state index in [0.717, 1.165) is 30.8 Å². The normalized spacial score (nSPS) is 17.2. The Bertz CT molecular complexity index is 833. The summed E-state index contributed by atoms with van der Waals surface area (Å²) in [6.45, 7) is 0.740. The largest absolute Gasteiger partial charge is 0.330 e. The van der Waals surface area contributed by atoms with E-state index in [1.807, 2.05) is 35.2 Å². The molecule has 0 spiro atoms. The van der Waals surface area contributed by atoms with Gasteiger partial charge in [0.2, 0.25) is 0 Å².